The molecule has 7 heteroatoms. The monoisotopic (exact) mass is 349 g/mol. The standard InChI is InChI=1S/C19H15N3O4/c23-21(24)18-7-6-17(19(13-18)22(25)26)12-15-8-10-20(11-9-15)14-16-4-2-1-3-5-16/h1-13H,14H2. The normalized spacial score (nSPS) is 12.9. The third-order valence-corrected chi connectivity index (χ3v) is 3.87. The number of hydrogen-bond acceptors (Lipinski definition) is 5. The highest BCUT2D eigenvalue weighted by atomic mass is 16.6. The van der Waals surface area contributed by atoms with Crippen LogP contribution in [0.25, 0.3) is 6.08 Å². The van der Waals surface area contributed by atoms with Crippen molar-refractivity contribution < 1.29 is 9.85 Å². The largest absolute Gasteiger partial charge is 0.350 e. The Bertz CT molecular complexity index is 917. The van der Waals surface area contributed by atoms with Gasteiger partial charge >= 0.3 is 0 Å². The van der Waals surface area contributed by atoms with E-state index in [2.05, 4.69) is 0 Å². The summed E-state index contributed by atoms with van der Waals surface area (Å²) in [6.07, 6.45) is 9.09. The van der Waals surface area contributed by atoms with Crippen molar-refractivity contribution in [1.82, 2.24) is 4.90 Å². The van der Waals surface area contributed by atoms with Crippen molar-refractivity contribution in [2.75, 3.05) is 0 Å². The number of non-ortho nitro benzene ring substituents is 1. The first-order chi connectivity index (χ1) is 12.5. The van der Waals surface area contributed by atoms with Crippen LogP contribution in [-0.4, -0.2) is 14.7 Å². The van der Waals surface area contributed by atoms with E-state index in [-0.39, 0.29) is 11.4 Å². The van der Waals surface area contributed by atoms with Crippen LogP contribution >= 0.6 is 0 Å². The van der Waals surface area contributed by atoms with Gasteiger partial charge in [0.2, 0.25) is 0 Å². The molecule has 0 bridgehead atoms. The Morgan fingerprint density at radius 1 is 0.923 bits per heavy atom. The predicted octanol–water partition coefficient (Wildman–Crippen LogP) is 4.43. The molecular weight excluding hydrogens is 334 g/mol. The molecule has 130 valence electrons. The minimum Gasteiger partial charge on any atom is -0.350 e. The summed E-state index contributed by atoms with van der Waals surface area (Å²) in [4.78, 5) is 22.7. The van der Waals surface area contributed by atoms with E-state index >= 15 is 0 Å². The average molecular weight is 349 g/mol. The Hall–Kier alpha value is -3.74. The van der Waals surface area contributed by atoms with Crippen LogP contribution in [0.1, 0.15) is 11.1 Å². The number of hydrogen-bond donors (Lipinski definition) is 0. The summed E-state index contributed by atoms with van der Waals surface area (Å²) in [5.74, 6) is 0. The lowest BCUT2D eigenvalue weighted by molar-refractivity contribution is -0.394. The van der Waals surface area contributed by atoms with Gasteiger partial charge in [0.05, 0.1) is 21.5 Å². The smallest absolute Gasteiger partial charge is 0.283 e. The third kappa shape index (κ3) is 4.02. The Labute approximate surface area is 149 Å². The van der Waals surface area contributed by atoms with Crippen molar-refractivity contribution in [2.45, 2.75) is 6.54 Å². The Kier molecular flexibility index (Phi) is 4.89. The van der Waals surface area contributed by atoms with Gasteiger partial charge in [0.15, 0.2) is 0 Å². The molecule has 0 amide bonds. The molecule has 0 N–H and O–H groups in total. The summed E-state index contributed by atoms with van der Waals surface area (Å²) in [6, 6.07) is 13.6. The minimum atomic E-state index is -0.647. The zero-order chi connectivity index (χ0) is 18.5. The SMILES string of the molecule is O=[N+]([O-])c1ccc(C=C2C=CN(Cc3ccccc3)C=C2)c([N+](=O)[O-])c1. The van der Waals surface area contributed by atoms with Crippen LogP contribution in [-0.2, 0) is 6.54 Å². The molecule has 3 rings (SSSR count). The van der Waals surface area contributed by atoms with E-state index in [1.807, 2.05) is 59.8 Å². The van der Waals surface area contributed by atoms with Crippen molar-refractivity contribution in [3.05, 3.63) is 110 Å². The first kappa shape index (κ1) is 17.1. The van der Waals surface area contributed by atoms with E-state index in [0.717, 1.165) is 18.2 Å². The van der Waals surface area contributed by atoms with Gasteiger partial charge < -0.3 is 4.90 Å². The van der Waals surface area contributed by atoms with Crippen LogP contribution < -0.4 is 0 Å². The molecule has 0 saturated carbocycles. The van der Waals surface area contributed by atoms with Crippen LogP contribution in [0.15, 0.2) is 78.7 Å². The lowest BCUT2D eigenvalue weighted by atomic mass is 10.1. The lowest BCUT2D eigenvalue weighted by Crippen LogP contribution is -2.11. The number of benzene rings is 2. The summed E-state index contributed by atoms with van der Waals surface area (Å²) in [5, 5.41) is 22.0. The Balaban J connectivity index is 1.79. The summed E-state index contributed by atoms with van der Waals surface area (Å²) in [7, 11) is 0. The zero-order valence-corrected chi connectivity index (χ0v) is 13.7. The van der Waals surface area contributed by atoms with Crippen LogP contribution in [0.5, 0.6) is 0 Å². The van der Waals surface area contributed by atoms with Crippen molar-refractivity contribution in [1.29, 1.82) is 0 Å². The molecule has 2 aromatic carbocycles. The molecular formula is C19H15N3O4. The Morgan fingerprint density at radius 3 is 2.23 bits per heavy atom. The van der Waals surface area contributed by atoms with E-state index in [4.69, 9.17) is 0 Å². The van der Waals surface area contributed by atoms with Gasteiger partial charge in [-0.05, 0) is 35.4 Å². The second-order valence-corrected chi connectivity index (χ2v) is 5.69. The molecule has 0 aliphatic carbocycles. The van der Waals surface area contributed by atoms with E-state index in [9.17, 15) is 20.2 Å². The summed E-state index contributed by atoms with van der Waals surface area (Å²) in [6.45, 7) is 0.721. The first-order valence-electron chi connectivity index (χ1n) is 7.83. The number of nitro groups is 2. The summed E-state index contributed by atoms with van der Waals surface area (Å²) < 4.78 is 0. The maximum absolute atomic E-state index is 11.2. The topological polar surface area (TPSA) is 89.5 Å². The van der Waals surface area contributed by atoms with Crippen molar-refractivity contribution >= 4 is 17.5 Å². The number of allylic oxidation sites excluding steroid dienone is 3. The highest BCUT2D eigenvalue weighted by Gasteiger charge is 2.18. The summed E-state index contributed by atoms with van der Waals surface area (Å²) >= 11 is 0. The molecule has 26 heavy (non-hydrogen) atoms. The third-order valence-electron chi connectivity index (χ3n) is 3.87. The second kappa shape index (κ2) is 7.43. The van der Waals surface area contributed by atoms with Gasteiger partial charge in [-0.25, -0.2) is 0 Å². The molecule has 0 atom stereocenters. The zero-order valence-electron chi connectivity index (χ0n) is 13.7. The van der Waals surface area contributed by atoms with Gasteiger partial charge in [0.1, 0.15) is 0 Å². The molecule has 0 unspecified atom stereocenters. The van der Waals surface area contributed by atoms with Gasteiger partial charge in [-0.15, -0.1) is 0 Å². The van der Waals surface area contributed by atoms with Gasteiger partial charge in [-0.3, -0.25) is 20.2 Å². The maximum atomic E-state index is 11.2. The van der Waals surface area contributed by atoms with Crippen LogP contribution in [0, 0.1) is 20.2 Å². The van der Waals surface area contributed by atoms with Gasteiger partial charge in [-0.2, -0.15) is 0 Å². The molecule has 0 spiro atoms. The quantitative estimate of drug-likeness (QED) is 0.588. The lowest BCUT2D eigenvalue weighted by Gasteiger charge is -2.18. The van der Waals surface area contributed by atoms with Gasteiger partial charge in [0.25, 0.3) is 11.4 Å². The van der Waals surface area contributed by atoms with E-state index in [0.29, 0.717) is 5.56 Å². The fraction of sp³-hybridized carbons (Fsp3) is 0.0526. The van der Waals surface area contributed by atoms with Crippen LogP contribution in [0.2, 0.25) is 0 Å². The molecule has 0 fully saturated rings. The molecule has 0 radical (unpaired) electrons. The molecule has 1 heterocycles. The predicted molar refractivity (Wildman–Crippen MR) is 98.0 cm³/mol. The number of nitro benzene ring substituents is 2. The minimum absolute atomic E-state index is 0.291. The molecule has 0 saturated heterocycles. The van der Waals surface area contributed by atoms with E-state index in [1.54, 1.807) is 6.08 Å². The van der Waals surface area contributed by atoms with Crippen molar-refractivity contribution in [3.8, 4) is 0 Å². The molecule has 7 nitrogen and oxygen atoms in total. The van der Waals surface area contributed by atoms with E-state index < -0.39 is 9.85 Å². The van der Waals surface area contributed by atoms with Gasteiger partial charge in [-0.1, -0.05) is 30.3 Å². The highest BCUT2D eigenvalue weighted by Crippen LogP contribution is 2.27. The molecule has 1 aliphatic heterocycles. The number of nitrogens with zero attached hydrogens (tertiary/aromatic N) is 3. The first-order valence-corrected chi connectivity index (χ1v) is 7.83. The Morgan fingerprint density at radius 2 is 1.62 bits per heavy atom. The molecule has 2 aromatic rings. The van der Waals surface area contributed by atoms with E-state index in [1.165, 1.54) is 17.7 Å². The molecule has 0 aromatic heterocycles. The molecule has 1 aliphatic rings. The fourth-order valence-electron chi connectivity index (χ4n) is 2.57. The average Bonchev–Trinajstić information content (AvgIpc) is 2.64. The highest BCUT2D eigenvalue weighted by molar-refractivity contribution is 5.69. The maximum Gasteiger partial charge on any atom is 0.283 e. The summed E-state index contributed by atoms with van der Waals surface area (Å²) in [5.41, 5.74) is 1.66. The van der Waals surface area contributed by atoms with Crippen molar-refractivity contribution in [2.24, 2.45) is 0 Å². The second-order valence-electron chi connectivity index (χ2n) is 5.69. The van der Waals surface area contributed by atoms with Crippen molar-refractivity contribution in [3.63, 3.8) is 0 Å². The fourth-order valence-corrected chi connectivity index (χ4v) is 2.57. The van der Waals surface area contributed by atoms with Gasteiger partial charge in [0, 0.05) is 25.0 Å². The number of rotatable bonds is 5. The van der Waals surface area contributed by atoms with Crippen LogP contribution in [0.4, 0.5) is 11.4 Å². The van der Waals surface area contributed by atoms with Crippen LogP contribution in [0.3, 0.4) is 0 Å².